The highest BCUT2D eigenvalue weighted by molar-refractivity contribution is 5.94. The summed E-state index contributed by atoms with van der Waals surface area (Å²) in [7, 11) is 0. The van der Waals surface area contributed by atoms with Crippen LogP contribution in [0.15, 0.2) is 59.1 Å². The highest BCUT2D eigenvalue weighted by atomic mass is 19.1. The summed E-state index contributed by atoms with van der Waals surface area (Å²) in [6.45, 7) is 0. The second-order valence-electron chi connectivity index (χ2n) is 6.89. The Bertz CT molecular complexity index is 916. The first-order valence-corrected chi connectivity index (χ1v) is 9.14. The molecule has 27 heavy (non-hydrogen) atoms. The van der Waals surface area contributed by atoms with Crippen molar-refractivity contribution in [1.29, 1.82) is 0 Å². The fourth-order valence-electron chi connectivity index (χ4n) is 3.56. The van der Waals surface area contributed by atoms with Crippen LogP contribution in [0.2, 0.25) is 0 Å². The molecule has 2 aromatic carbocycles. The molecule has 1 fully saturated rings. The van der Waals surface area contributed by atoms with Crippen LogP contribution in [0.5, 0.6) is 0 Å². The van der Waals surface area contributed by atoms with E-state index in [9.17, 15) is 9.18 Å². The zero-order valence-electron chi connectivity index (χ0n) is 14.8. The second kappa shape index (κ2) is 7.31. The van der Waals surface area contributed by atoms with E-state index in [1.807, 2.05) is 30.3 Å². The first-order valence-electron chi connectivity index (χ1n) is 9.14. The van der Waals surface area contributed by atoms with Gasteiger partial charge in [-0.15, -0.1) is 0 Å². The van der Waals surface area contributed by atoms with E-state index in [1.165, 1.54) is 24.3 Å². The van der Waals surface area contributed by atoms with Crippen molar-refractivity contribution in [2.45, 2.75) is 37.6 Å². The number of nitrogens with one attached hydrogen (secondary N) is 1. The van der Waals surface area contributed by atoms with Crippen molar-refractivity contribution in [1.82, 2.24) is 15.5 Å². The lowest BCUT2D eigenvalue weighted by Crippen LogP contribution is -2.47. The van der Waals surface area contributed by atoms with Gasteiger partial charge in [0.2, 0.25) is 5.82 Å². The Balaban J connectivity index is 1.63. The van der Waals surface area contributed by atoms with Crippen molar-refractivity contribution in [3.8, 4) is 11.4 Å². The standard InChI is InChI=1S/C21H20FN3O2/c22-17-11-9-16(10-12-17)19(26)24-21(13-5-2-6-14-21)20-23-18(25-27-20)15-7-3-1-4-8-15/h1,3-4,7-12H,2,5-6,13-14H2,(H,24,26). The molecule has 0 saturated heterocycles. The Hall–Kier alpha value is -3.02. The molecule has 1 amide bonds. The first-order chi connectivity index (χ1) is 13.2. The van der Waals surface area contributed by atoms with Gasteiger partial charge in [-0.3, -0.25) is 4.79 Å². The predicted octanol–water partition coefficient (Wildman–Crippen LogP) is 4.47. The number of hydrogen-bond donors (Lipinski definition) is 1. The number of benzene rings is 2. The Kier molecular flexibility index (Phi) is 4.71. The lowest BCUT2D eigenvalue weighted by Gasteiger charge is -2.34. The quantitative estimate of drug-likeness (QED) is 0.741. The fraction of sp³-hybridized carbons (Fsp3) is 0.286. The van der Waals surface area contributed by atoms with Crippen LogP contribution in [0.3, 0.4) is 0 Å². The monoisotopic (exact) mass is 365 g/mol. The van der Waals surface area contributed by atoms with Crippen LogP contribution in [-0.2, 0) is 5.54 Å². The summed E-state index contributed by atoms with van der Waals surface area (Å²) in [5.74, 6) is 0.294. The molecule has 0 bridgehead atoms. The molecule has 5 nitrogen and oxygen atoms in total. The van der Waals surface area contributed by atoms with Crippen LogP contribution in [-0.4, -0.2) is 16.0 Å². The lowest BCUT2D eigenvalue weighted by molar-refractivity contribution is 0.0824. The number of halogens is 1. The van der Waals surface area contributed by atoms with Crippen LogP contribution < -0.4 is 5.32 Å². The Morgan fingerprint density at radius 1 is 1.00 bits per heavy atom. The molecule has 6 heteroatoms. The van der Waals surface area contributed by atoms with Crippen molar-refractivity contribution in [3.05, 3.63) is 71.9 Å². The van der Waals surface area contributed by atoms with Crippen LogP contribution in [0.4, 0.5) is 4.39 Å². The van der Waals surface area contributed by atoms with E-state index in [1.54, 1.807) is 0 Å². The van der Waals surface area contributed by atoms with Crippen LogP contribution in [0, 0.1) is 5.82 Å². The van der Waals surface area contributed by atoms with Crippen molar-refractivity contribution in [2.24, 2.45) is 0 Å². The molecule has 0 aliphatic heterocycles. The Morgan fingerprint density at radius 2 is 1.70 bits per heavy atom. The first kappa shape index (κ1) is 17.4. The van der Waals surface area contributed by atoms with Gasteiger partial charge in [-0.2, -0.15) is 4.98 Å². The van der Waals surface area contributed by atoms with Gasteiger partial charge in [-0.25, -0.2) is 4.39 Å². The number of carbonyl (C=O) groups excluding carboxylic acids is 1. The molecule has 1 aromatic heterocycles. The van der Waals surface area contributed by atoms with E-state index in [-0.39, 0.29) is 11.7 Å². The van der Waals surface area contributed by atoms with E-state index < -0.39 is 5.54 Å². The molecular weight excluding hydrogens is 345 g/mol. The van der Waals surface area contributed by atoms with E-state index in [4.69, 9.17) is 4.52 Å². The third kappa shape index (κ3) is 3.60. The molecule has 4 rings (SSSR count). The highest BCUT2D eigenvalue weighted by Crippen LogP contribution is 2.37. The van der Waals surface area contributed by atoms with Crippen molar-refractivity contribution >= 4 is 5.91 Å². The van der Waals surface area contributed by atoms with Gasteiger partial charge in [0.15, 0.2) is 0 Å². The largest absolute Gasteiger partial charge is 0.338 e. The topological polar surface area (TPSA) is 68.0 Å². The maximum absolute atomic E-state index is 13.1. The third-order valence-corrected chi connectivity index (χ3v) is 5.03. The number of carbonyl (C=O) groups is 1. The average Bonchev–Trinajstić information content (AvgIpc) is 3.21. The minimum atomic E-state index is -0.691. The molecule has 0 radical (unpaired) electrons. The lowest BCUT2D eigenvalue weighted by atomic mass is 9.81. The average molecular weight is 365 g/mol. The van der Waals surface area contributed by atoms with Gasteiger partial charge in [0.25, 0.3) is 11.8 Å². The summed E-state index contributed by atoms with van der Waals surface area (Å²) in [5, 5.41) is 7.20. The SMILES string of the molecule is O=C(NC1(c2nc(-c3ccccc3)no2)CCCCC1)c1ccc(F)cc1. The number of rotatable bonds is 4. The zero-order chi connectivity index (χ0) is 18.7. The minimum Gasteiger partial charge on any atom is -0.338 e. The maximum atomic E-state index is 13.1. The predicted molar refractivity (Wildman–Crippen MR) is 98.4 cm³/mol. The normalized spacial score (nSPS) is 16.0. The number of nitrogens with zero attached hydrogens (tertiary/aromatic N) is 2. The summed E-state index contributed by atoms with van der Waals surface area (Å²) >= 11 is 0. The van der Waals surface area contributed by atoms with Gasteiger partial charge < -0.3 is 9.84 Å². The van der Waals surface area contributed by atoms with E-state index in [2.05, 4.69) is 15.5 Å². The number of amides is 1. The minimum absolute atomic E-state index is 0.267. The van der Waals surface area contributed by atoms with Crippen molar-refractivity contribution in [2.75, 3.05) is 0 Å². The Morgan fingerprint density at radius 3 is 2.41 bits per heavy atom. The summed E-state index contributed by atoms with van der Waals surface area (Å²) < 4.78 is 18.7. The maximum Gasteiger partial charge on any atom is 0.252 e. The summed E-state index contributed by atoms with van der Waals surface area (Å²) in [4.78, 5) is 17.3. The second-order valence-corrected chi connectivity index (χ2v) is 6.89. The van der Waals surface area contributed by atoms with E-state index >= 15 is 0 Å². The molecule has 1 N–H and O–H groups in total. The van der Waals surface area contributed by atoms with Crippen LogP contribution in [0.1, 0.15) is 48.4 Å². The summed E-state index contributed by atoms with van der Waals surface area (Å²) in [6, 6.07) is 15.1. The highest BCUT2D eigenvalue weighted by Gasteiger charge is 2.41. The molecule has 3 aromatic rings. The van der Waals surface area contributed by atoms with Gasteiger partial charge >= 0.3 is 0 Å². The summed E-state index contributed by atoms with van der Waals surface area (Å²) in [6.07, 6.45) is 4.50. The van der Waals surface area contributed by atoms with E-state index in [0.29, 0.717) is 17.3 Å². The van der Waals surface area contributed by atoms with Crippen LogP contribution >= 0.6 is 0 Å². The van der Waals surface area contributed by atoms with Gasteiger partial charge in [0.1, 0.15) is 11.4 Å². The van der Waals surface area contributed by atoms with Gasteiger partial charge in [-0.05, 0) is 37.1 Å². The van der Waals surface area contributed by atoms with Crippen molar-refractivity contribution < 1.29 is 13.7 Å². The Labute approximate surface area is 156 Å². The molecule has 1 saturated carbocycles. The molecule has 1 aliphatic rings. The smallest absolute Gasteiger partial charge is 0.252 e. The molecule has 1 heterocycles. The zero-order valence-corrected chi connectivity index (χ0v) is 14.8. The molecule has 0 spiro atoms. The number of aromatic nitrogens is 2. The van der Waals surface area contributed by atoms with Crippen molar-refractivity contribution in [3.63, 3.8) is 0 Å². The third-order valence-electron chi connectivity index (χ3n) is 5.03. The number of hydrogen-bond acceptors (Lipinski definition) is 4. The molecule has 1 aliphatic carbocycles. The van der Waals surface area contributed by atoms with E-state index in [0.717, 1.165) is 37.7 Å². The van der Waals surface area contributed by atoms with Gasteiger partial charge in [-0.1, -0.05) is 54.8 Å². The molecule has 0 unspecified atom stereocenters. The molecule has 138 valence electrons. The summed E-state index contributed by atoms with van der Waals surface area (Å²) in [5.41, 5.74) is 0.580. The fourth-order valence-corrected chi connectivity index (χ4v) is 3.56. The molecular formula is C21H20FN3O2. The van der Waals surface area contributed by atoms with Gasteiger partial charge in [0, 0.05) is 11.1 Å². The van der Waals surface area contributed by atoms with Gasteiger partial charge in [0.05, 0.1) is 0 Å². The van der Waals surface area contributed by atoms with Crippen LogP contribution in [0.25, 0.3) is 11.4 Å². The molecule has 0 atom stereocenters.